The maximum Gasteiger partial charge on any atom is 0.000965 e. The first-order valence-electron chi connectivity index (χ1n) is 28.5. The van der Waals surface area contributed by atoms with Crippen LogP contribution >= 0.6 is 0 Å². The second-order valence-corrected chi connectivity index (χ2v) is 24.6. The van der Waals surface area contributed by atoms with Crippen LogP contribution in [-0.2, 0) is 0 Å². The Morgan fingerprint density at radius 2 is 1.21 bits per heavy atom. The second kappa shape index (κ2) is 26.0. The summed E-state index contributed by atoms with van der Waals surface area (Å²) in [4.78, 5) is 2.86. The fourth-order valence-corrected chi connectivity index (χ4v) is 15.3. The van der Waals surface area contributed by atoms with Crippen LogP contribution in [0, 0.1) is 57.2 Å². The van der Waals surface area contributed by atoms with Crippen LogP contribution in [0.3, 0.4) is 0 Å². The van der Waals surface area contributed by atoms with Crippen LogP contribution in [0.25, 0.3) is 0 Å². The molecule has 1 aliphatic heterocycles. The van der Waals surface area contributed by atoms with Crippen LogP contribution < -0.4 is 0 Å². The standard InChI is InChI=1S/C60H109N/c1-9-10-11-12-13-14-15-16-17-18-19-20-21-22-23-24-25-27-36-53(49-61-46-30-26-31-47-61)37-29-28-35-52-40-42-58(6)54(48-52)38-39-55-56-41-43-57(5,51(4)34-32-33-50(2)3)59(56,7)44-45-60(55,58)8/h16-17,38,50-53,55-56H,9-15,18-37,39-49H2,1-8H3/b17-16-/t51-,52?,53?,55?,56?,57-,58+,59?,60+/m1/s1. The zero-order chi connectivity index (χ0) is 43.6. The van der Waals surface area contributed by atoms with Crippen molar-refractivity contribution in [3.8, 4) is 0 Å². The van der Waals surface area contributed by atoms with E-state index in [1.165, 1.54) is 244 Å². The van der Waals surface area contributed by atoms with Crippen LogP contribution in [0.2, 0.25) is 0 Å². The van der Waals surface area contributed by atoms with E-state index in [2.05, 4.69) is 78.5 Å². The van der Waals surface area contributed by atoms with Crippen LogP contribution in [0.1, 0.15) is 280 Å². The summed E-state index contributed by atoms with van der Waals surface area (Å²) >= 11 is 0. The highest BCUT2D eigenvalue weighted by Crippen LogP contribution is 2.75. The largest absolute Gasteiger partial charge is 0.303 e. The van der Waals surface area contributed by atoms with E-state index in [0.29, 0.717) is 21.7 Å². The molecule has 1 heterocycles. The van der Waals surface area contributed by atoms with Crippen molar-refractivity contribution in [2.45, 2.75) is 280 Å². The molecule has 0 radical (unpaired) electrons. The molecular weight excluding hydrogens is 735 g/mol. The van der Waals surface area contributed by atoms with Gasteiger partial charge >= 0.3 is 0 Å². The molecule has 4 aliphatic carbocycles. The molecule has 354 valence electrons. The predicted octanol–water partition coefficient (Wildman–Crippen LogP) is 19.3. The Morgan fingerprint density at radius 3 is 1.87 bits per heavy atom. The number of allylic oxidation sites excluding steroid dienone is 4. The molecule has 5 aliphatic rings. The molecule has 0 spiro atoms. The van der Waals surface area contributed by atoms with Gasteiger partial charge in [-0.2, -0.15) is 0 Å². The van der Waals surface area contributed by atoms with E-state index in [4.69, 9.17) is 0 Å². The predicted molar refractivity (Wildman–Crippen MR) is 271 cm³/mol. The molecule has 1 heteroatoms. The number of fused-ring (bicyclic) bond motifs is 5. The van der Waals surface area contributed by atoms with Crippen LogP contribution in [0.5, 0.6) is 0 Å². The van der Waals surface area contributed by atoms with Gasteiger partial charge in [0.25, 0.3) is 0 Å². The quantitative estimate of drug-likeness (QED) is 0.0514. The lowest BCUT2D eigenvalue weighted by molar-refractivity contribution is -0.135. The lowest BCUT2D eigenvalue weighted by atomic mass is 9.39. The Morgan fingerprint density at radius 1 is 0.607 bits per heavy atom. The average Bonchev–Trinajstić information content (AvgIpc) is 3.52. The molecule has 0 aromatic carbocycles. The van der Waals surface area contributed by atoms with Gasteiger partial charge in [-0.25, -0.2) is 0 Å². The fraction of sp³-hybridized carbons (Fsp3) is 0.933. The Labute approximate surface area is 384 Å². The van der Waals surface area contributed by atoms with E-state index in [1.807, 2.05) is 5.57 Å². The molecule has 0 bridgehead atoms. The highest BCUT2D eigenvalue weighted by atomic mass is 15.1. The highest BCUT2D eigenvalue weighted by Gasteiger charge is 2.66. The monoisotopic (exact) mass is 844 g/mol. The van der Waals surface area contributed by atoms with Crippen molar-refractivity contribution in [2.24, 2.45) is 57.2 Å². The number of likely N-dealkylation sites (tertiary alicyclic amines) is 1. The molecule has 5 rings (SSSR count). The lowest BCUT2D eigenvalue weighted by Gasteiger charge is -2.66. The Balaban J connectivity index is 0.988. The normalized spacial score (nSPS) is 32.8. The van der Waals surface area contributed by atoms with Crippen molar-refractivity contribution in [1.82, 2.24) is 4.90 Å². The van der Waals surface area contributed by atoms with Crippen LogP contribution in [0.4, 0.5) is 0 Å². The summed E-state index contributed by atoms with van der Waals surface area (Å²) in [6.45, 7) is 25.1. The van der Waals surface area contributed by atoms with Gasteiger partial charge in [0.05, 0.1) is 0 Å². The van der Waals surface area contributed by atoms with Gasteiger partial charge in [-0.15, -0.1) is 0 Å². The van der Waals surface area contributed by atoms with Gasteiger partial charge in [0, 0.05) is 6.54 Å². The summed E-state index contributed by atoms with van der Waals surface area (Å²) < 4.78 is 0. The van der Waals surface area contributed by atoms with Crippen molar-refractivity contribution in [3.63, 3.8) is 0 Å². The summed E-state index contributed by atoms with van der Waals surface area (Å²) in [6, 6.07) is 0. The third kappa shape index (κ3) is 14.0. The summed E-state index contributed by atoms with van der Waals surface area (Å²) in [5, 5.41) is 0. The molecule has 5 unspecified atom stereocenters. The van der Waals surface area contributed by atoms with E-state index >= 15 is 0 Å². The van der Waals surface area contributed by atoms with E-state index in [1.54, 1.807) is 0 Å². The SMILES string of the molecule is CCCCCCCC/C=C\CCCCCCCCCCC(CCCCC1CC[C@@]2(C)C(=CCC3C4CC[C@](C)([C@H](C)CCCC(C)C)C4(C)CC[C@@]32C)C1)CN1CCCCC1. The minimum atomic E-state index is 0.444. The molecule has 1 nitrogen and oxygen atoms in total. The van der Waals surface area contributed by atoms with Gasteiger partial charge in [-0.1, -0.05) is 201 Å². The second-order valence-electron chi connectivity index (χ2n) is 24.6. The Bertz CT molecular complexity index is 1250. The van der Waals surface area contributed by atoms with E-state index in [0.717, 1.165) is 35.5 Å². The van der Waals surface area contributed by atoms with Gasteiger partial charge in [0.1, 0.15) is 0 Å². The maximum absolute atomic E-state index is 2.87. The average molecular weight is 845 g/mol. The van der Waals surface area contributed by atoms with E-state index < -0.39 is 0 Å². The molecule has 0 N–H and O–H groups in total. The molecule has 4 fully saturated rings. The van der Waals surface area contributed by atoms with Crippen LogP contribution in [-0.4, -0.2) is 24.5 Å². The molecule has 3 saturated carbocycles. The molecule has 0 amide bonds. The number of unbranched alkanes of at least 4 members (excludes halogenated alkanes) is 15. The van der Waals surface area contributed by atoms with E-state index in [-0.39, 0.29) is 0 Å². The highest BCUT2D eigenvalue weighted by molar-refractivity contribution is 5.29. The minimum absolute atomic E-state index is 0.444. The maximum atomic E-state index is 2.87. The summed E-state index contributed by atoms with van der Waals surface area (Å²) in [5.41, 5.74) is 3.92. The summed E-state index contributed by atoms with van der Waals surface area (Å²) in [6.07, 6.45) is 58.4. The number of nitrogens with zero attached hydrogens (tertiary/aromatic N) is 1. The van der Waals surface area contributed by atoms with Gasteiger partial charge in [0.15, 0.2) is 0 Å². The van der Waals surface area contributed by atoms with Crippen molar-refractivity contribution in [1.29, 1.82) is 0 Å². The zero-order valence-electron chi connectivity index (χ0n) is 43.0. The summed E-state index contributed by atoms with van der Waals surface area (Å²) in [7, 11) is 0. The Kier molecular flexibility index (Phi) is 21.9. The topological polar surface area (TPSA) is 3.24 Å². The first-order chi connectivity index (χ1) is 29.5. The fourth-order valence-electron chi connectivity index (χ4n) is 15.3. The van der Waals surface area contributed by atoms with E-state index in [9.17, 15) is 0 Å². The zero-order valence-corrected chi connectivity index (χ0v) is 43.0. The lowest BCUT2D eigenvalue weighted by Crippen LogP contribution is -2.58. The smallest absolute Gasteiger partial charge is 0.000965 e. The summed E-state index contributed by atoms with van der Waals surface area (Å²) in [5.74, 6) is 5.43. The first kappa shape index (κ1) is 51.4. The van der Waals surface area contributed by atoms with Gasteiger partial charge in [0.2, 0.25) is 0 Å². The van der Waals surface area contributed by atoms with Crippen molar-refractivity contribution < 1.29 is 0 Å². The molecule has 61 heavy (non-hydrogen) atoms. The number of hydrogen-bond donors (Lipinski definition) is 0. The van der Waals surface area contributed by atoms with Crippen molar-refractivity contribution in [2.75, 3.05) is 19.6 Å². The molecule has 1 saturated heterocycles. The van der Waals surface area contributed by atoms with Crippen molar-refractivity contribution in [3.05, 3.63) is 23.8 Å². The van der Waals surface area contributed by atoms with Crippen LogP contribution in [0.15, 0.2) is 23.8 Å². The molecular formula is C60H109N. The first-order valence-corrected chi connectivity index (χ1v) is 28.5. The number of hydrogen-bond acceptors (Lipinski definition) is 1. The van der Waals surface area contributed by atoms with Gasteiger partial charge in [-0.05, 0) is 173 Å². The molecule has 9 atom stereocenters. The minimum Gasteiger partial charge on any atom is -0.303 e. The van der Waals surface area contributed by atoms with Crippen molar-refractivity contribution >= 4 is 0 Å². The third-order valence-corrected chi connectivity index (χ3v) is 20.3. The number of rotatable bonds is 30. The van der Waals surface area contributed by atoms with Gasteiger partial charge in [-0.3, -0.25) is 0 Å². The molecule has 0 aromatic rings. The number of piperidine rings is 1. The Hall–Kier alpha value is -0.560. The third-order valence-electron chi connectivity index (χ3n) is 20.3. The van der Waals surface area contributed by atoms with Gasteiger partial charge < -0.3 is 4.90 Å². The molecule has 0 aromatic heterocycles.